The van der Waals surface area contributed by atoms with Crippen LogP contribution in [0.4, 0.5) is 0 Å². The standard InChI is InChI=1S/C23H25N3O2/c1-5-15(2)23(27)25-13-17(14-25)22-21-16(3)7-6-8-20(21)26(24-22)18-9-11-19(28-4)12-10-18/h5-12,17H,13-14H2,1-4H3/b15-5+. The minimum atomic E-state index is 0.120. The molecule has 2 heterocycles. The van der Waals surface area contributed by atoms with Crippen LogP contribution < -0.4 is 4.74 Å². The Morgan fingerprint density at radius 1 is 1.18 bits per heavy atom. The second-order valence-corrected chi connectivity index (χ2v) is 7.34. The number of likely N-dealkylation sites (tertiary alicyclic amines) is 1. The predicted molar refractivity (Wildman–Crippen MR) is 111 cm³/mol. The fraction of sp³-hybridized carbons (Fsp3) is 0.304. The van der Waals surface area contributed by atoms with Gasteiger partial charge in [0.2, 0.25) is 5.91 Å². The Morgan fingerprint density at radius 3 is 2.54 bits per heavy atom. The normalized spacial score (nSPS) is 15.0. The Kier molecular flexibility index (Phi) is 4.67. The number of fused-ring (bicyclic) bond motifs is 1. The number of methoxy groups -OCH3 is 1. The lowest BCUT2D eigenvalue weighted by Gasteiger charge is -2.38. The number of aryl methyl sites for hydroxylation is 1. The van der Waals surface area contributed by atoms with Gasteiger partial charge in [-0.3, -0.25) is 4.79 Å². The van der Waals surface area contributed by atoms with Crippen molar-refractivity contribution in [3.8, 4) is 11.4 Å². The molecule has 0 spiro atoms. The van der Waals surface area contributed by atoms with Crippen molar-refractivity contribution < 1.29 is 9.53 Å². The lowest BCUT2D eigenvalue weighted by Crippen LogP contribution is -2.49. The van der Waals surface area contributed by atoms with Crippen LogP contribution in [0.2, 0.25) is 0 Å². The lowest BCUT2D eigenvalue weighted by atomic mass is 9.92. The maximum atomic E-state index is 12.4. The average Bonchev–Trinajstić information content (AvgIpc) is 3.06. The van der Waals surface area contributed by atoms with E-state index >= 15 is 0 Å². The van der Waals surface area contributed by atoms with E-state index in [0.717, 1.165) is 28.2 Å². The number of hydrogen-bond donors (Lipinski definition) is 0. The summed E-state index contributed by atoms with van der Waals surface area (Å²) in [6.07, 6.45) is 1.87. The van der Waals surface area contributed by atoms with E-state index in [2.05, 4.69) is 25.1 Å². The molecule has 1 aromatic heterocycles. The second-order valence-electron chi connectivity index (χ2n) is 7.34. The van der Waals surface area contributed by atoms with Crippen LogP contribution in [-0.2, 0) is 4.79 Å². The molecule has 1 aliphatic heterocycles. The Balaban J connectivity index is 1.71. The zero-order chi connectivity index (χ0) is 19.8. The highest BCUT2D eigenvalue weighted by molar-refractivity contribution is 5.94. The minimum absolute atomic E-state index is 0.120. The molecule has 4 rings (SSSR count). The predicted octanol–water partition coefficient (Wildman–Crippen LogP) is 4.23. The molecule has 5 nitrogen and oxygen atoms in total. The van der Waals surface area contributed by atoms with Gasteiger partial charge in [-0.15, -0.1) is 0 Å². The van der Waals surface area contributed by atoms with E-state index in [0.29, 0.717) is 13.1 Å². The third-order valence-electron chi connectivity index (χ3n) is 5.59. The third-order valence-corrected chi connectivity index (χ3v) is 5.59. The number of nitrogens with zero attached hydrogens (tertiary/aromatic N) is 3. The molecule has 28 heavy (non-hydrogen) atoms. The molecule has 144 valence electrons. The van der Waals surface area contributed by atoms with Crippen LogP contribution in [-0.4, -0.2) is 40.8 Å². The Labute approximate surface area is 165 Å². The Bertz CT molecular complexity index is 1060. The highest BCUT2D eigenvalue weighted by atomic mass is 16.5. The second kappa shape index (κ2) is 7.15. The number of carbonyl (C=O) groups excluding carboxylic acids is 1. The topological polar surface area (TPSA) is 47.4 Å². The van der Waals surface area contributed by atoms with Crippen molar-refractivity contribution in [3.05, 3.63) is 65.4 Å². The number of carbonyl (C=O) groups is 1. The summed E-state index contributed by atoms with van der Waals surface area (Å²) < 4.78 is 7.27. The quantitative estimate of drug-likeness (QED) is 0.641. The molecule has 0 aliphatic carbocycles. The van der Waals surface area contributed by atoms with Crippen LogP contribution in [0.5, 0.6) is 5.75 Å². The van der Waals surface area contributed by atoms with E-state index in [1.807, 2.05) is 53.8 Å². The molecule has 0 bridgehead atoms. The zero-order valence-corrected chi connectivity index (χ0v) is 16.8. The van der Waals surface area contributed by atoms with Gasteiger partial charge in [-0.25, -0.2) is 4.68 Å². The van der Waals surface area contributed by atoms with Gasteiger partial charge in [-0.2, -0.15) is 5.10 Å². The number of rotatable bonds is 4. The Morgan fingerprint density at radius 2 is 1.89 bits per heavy atom. The number of ether oxygens (including phenoxy) is 1. The van der Waals surface area contributed by atoms with Gasteiger partial charge in [0.15, 0.2) is 0 Å². The summed E-state index contributed by atoms with van der Waals surface area (Å²) in [5.41, 5.74) is 5.17. The molecule has 5 heteroatoms. The first-order chi connectivity index (χ1) is 13.5. The van der Waals surface area contributed by atoms with Crippen LogP contribution in [0.25, 0.3) is 16.6 Å². The monoisotopic (exact) mass is 375 g/mol. The third kappa shape index (κ3) is 2.97. The SMILES string of the molecule is C/C=C(\C)C(=O)N1CC(c2nn(-c3ccc(OC)cc3)c3cccc(C)c23)C1. The molecule has 3 aromatic rings. The summed E-state index contributed by atoms with van der Waals surface area (Å²) in [6, 6.07) is 14.2. The van der Waals surface area contributed by atoms with E-state index < -0.39 is 0 Å². The minimum Gasteiger partial charge on any atom is -0.497 e. The van der Waals surface area contributed by atoms with E-state index in [4.69, 9.17) is 9.84 Å². The van der Waals surface area contributed by atoms with Gasteiger partial charge in [0.25, 0.3) is 0 Å². The van der Waals surface area contributed by atoms with Gasteiger partial charge in [-0.05, 0) is 56.7 Å². The van der Waals surface area contributed by atoms with Crippen molar-refractivity contribution in [2.45, 2.75) is 26.7 Å². The summed E-state index contributed by atoms with van der Waals surface area (Å²) in [7, 11) is 1.67. The largest absolute Gasteiger partial charge is 0.497 e. The van der Waals surface area contributed by atoms with Gasteiger partial charge in [0.1, 0.15) is 5.75 Å². The molecular formula is C23H25N3O2. The molecule has 1 saturated heterocycles. The first-order valence-corrected chi connectivity index (χ1v) is 9.58. The van der Waals surface area contributed by atoms with E-state index in [9.17, 15) is 4.79 Å². The van der Waals surface area contributed by atoms with Crippen LogP contribution in [0.1, 0.15) is 31.0 Å². The van der Waals surface area contributed by atoms with Crippen molar-refractivity contribution in [2.24, 2.45) is 0 Å². The highest BCUT2D eigenvalue weighted by Crippen LogP contribution is 2.35. The Hall–Kier alpha value is -3.08. The number of benzene rings is 2. The van der Waals surface area contributed by atoms with Crippen molar-refractivity contribution in [3.63, 3.8) is 0 Å². The van der Waals surface area contributed by atoms with E-state index in [1.54, 1.807) is 7.11 Å². The fourth-order valence-corrected chi connectivity index (χ4v) is 3.77. The maximum absolute atomic E-state index is 12.4. The van der Waals surface area contributed by atoms with Gasteiger partial charge >= 0.3 is 0 Å². The molecule has 1 fully saturated rings. The number of aromatic nitrogens is 2. The summed E-state index contributed by atoms with van der Waals surface area (Å²) >= 11 is 0. The van der Waals surface area contributed by atoms with Crippen LogP contribution in [0.3, 0.4) is 0 Å². The molecule has 0 N–H and O–H groups in total. The maximum Gasteiger partial charge on any atom is 0.249 e. The number of hydrogen-bond acceptors (Lipinski definition) is 3. The first-order valence-electron chi connectivity index (χ1n) is 9.58. The van der Waals surface area contributed by atoms with E-state index in [-0.39, 0.29) is 11.8 Å². The molecule has 1 amide bonds. The highest BCUT2D eigenvalue weighted by Gasteiger charge is 2.35. The molecule has 0 radical (unpaired) electrons. The van der Waals surface area contributed by atoms with Crippen LogP contribution in [0.15, 0.2) is 54.1 Å². The smallest absolute Gasteiger partial charge is 0.249 e. The fourth-order valence-electron chi connectivity index (χ4n) is 3.77. The van der Waals surface area contributed by atoms with Gasteiger partial charge in [0, 0.05) is 30.0 Å². The first kappa shape index (κ1) is 18.3. The summed E-state index contributed by atoms with van der Waals surface area (Å²) in [6.45, 7) is 7.32. The molecule has 0 saturated carbocycles. The summed E-state index contributed by atoms with van der Waals surface area (Å²) in [5.74, 6) is 1.20. The lowest BCUT2D eigenvalue weighted by molar-refractivity contribution is -0.131. The molecular weight excluding hydrogens is 350 g/mol. The van der Waals surface area contributed by atoms with Crippen molar-refractivity contribution in [1.82, 2.24) is 14.7 Å². The van der Waals surface area contributed by atoms with Gasteiger partial charge in [-0.1, -0.05) is 18.2 Å². The molecule has 0 unspecified atom stereocenters. The van der Waals surface area contributed by atoms with Gasteiger partial charge < -0.3 is 9.64 Å². The van der Waals surface area contributed by atoms with Crippen LogP contribution >= 0.6 is 0 Å². The van der Waals surface area contributed by atoms with Crippen molar-refractivity contribution in [1.29, 1.82) is 0 Å². The zero-order valence-electron chi connectivity index (χ0n) is 16.8. The van der Waals surface area contributed by atoms with Crippen molar-refractivity contribution in [2.75, 3.05) is 20.2 Å². The van der Waals surface area contributed by atoms with Crippen molar-refractivity contribution >= 4 is 16.8 Å². The molecule has 1 aliphatic rings. The summed E-state index contributed by atoms with van der Waals surface area (Å²) in [5, 5.41) is 6.17. The molecule has 2 aromatic carbocycles. The summed E-state index contributed by atoms with van der Waals surface area (Å²) in [4.78, 5) is 14.3. The van der Waals surface area contributed by atoms with E-state index in [1.165, 1.54) is 10.9 Å². The average molecular weight is 375 g/mol. The number of amides is 1. The van der Waals surface area contributed by atoms with Gasteiger partial charge in [0.05, 0.1) is 24.0 Å². The van der Waals surface area contributed by atoms with Crippen LogP contribution in [0, 0.1) is 6.92 Å². The molecule has 0 atom stereocenters. The number of allylic oxidation sites excluding steroid dienone is 1.